The third kappa shape index (κ3) is 3.19. The molecule has 0 aliphatic rings. The fraction of sp³-hybridized carbons (Fsp3) is 0.250. The largest absolute Gasteiger partial charge is 0.245 e. The van der Waals surface area contributed by atoms with E-state index in [1.165, 1.54) is 12.1 Å². The molecule has 1 rings (SSSR count). The van der Waals surface area contributed by atoms with Gasteiger partial charge >= 0.3 is 0 Å². The fourth-order valence-corrected chi connectivity index (χ4v) is 4.57. The summed E-state index contributed by atoms with van der Waals surface area (Å²) in [5.41, 5.74) is 0.0828. The van der Waals surface area contributed by atoms with Gasteiger partial charge in [0, 0.05) is 4.47 Å². The topological polar surface area (TPSA) is 71.5 Å². The van der Waals surface area contributed by atoms with Gasteiger partial charge in [-0.05, 0) is 18.2 Å². The van der Waals surface area contributed by atoms with Crippen molar-refractivity contribution in [1.82, 2.24) is 0 Å². The van der Waals surface area contributed by atoms with Crippen LogP contribution in [0.2, 0.25) is 0 Å². The summed E-state index contributed by atoms with van der Waals surface area (Å²) < 4.78 is 46.7. The molecule has 90 valence electrons. The summed E-state index contributed by atoms with van der Waals surface area (Å²) >= 11 is 3.15. The van der Waals surface area contributed by atoms with Crippen LogP contribution in [0.5, 0.6) is 0 Å². The number of halogens is 1. The Morgan fingerprint density at radius 1 is 1.06 bits per heavy atom. The second-order valence-electron chi connectivity index (χ2n) is 3.20. The van der Waals surface area contributed by atoms with Crippen LogP contribution >= 0.6 is 15.9 Å². The highest BCUT2D eigenvalue weighted by atomic mass is 79.9. The van der Waals surface area contributed by atoms with Crippen molar-refractivity contribution in [2.24, 2.45) is 0 Å². The van der Waals surface area contributed by atoms with Crippen LogP contribution in [0.25, 0.3) is 0 Å². The van der Waals surface area contributed by atoms with Crippen molar-refractivity contribution >= 4 is 41.7 Å². The first-order chi connectivity index (χ1) is 7.12. The third-order valence-electron chi connectivity index (χ3n) is 1.62. The van der Waals surface area contributed by atoms with Crippen LogP contribution in [0, 0.1) is 0 Å². The molecule has 0 spiro atoms. The van der Waals surface area contributed by atoms with Gasteiger partial charge in [0.1, 0.15) is 0 Å². The molecule has 16 heavy (non-hydrogen) atoms. The molecule has 5 nitrogen and oxygen atoms in total. The van der Waals surface area contributed by atoms with Gasteiger partial charge in [-0.3, -0.25) is 0 Å². The van der Waals surface area contributed by atoms with E-state index in [0.717, 1.165) is 12.5 Å². The highest BCUT2D eigenvalue weighted by Gasteiger charge is 2.27. The third-order valence-corrected chi connectivity index (χ3v) is 5.37. The Morgan fingerprint density at radius 2 is 1.56 bits per heavy atom. The molecular formula is C8H10BrNO4S2. The van der Waals surface area contributed by atoms with Crippen LogP contribution in [0.15, 0.2) is 28.7 Å². The Hall–Kier alpha value is -0.600. The molecule has 1 aromatic rings. The van der Waals surface area contributed by atoms with E-state index in [2.05, 4.69) is 15.9 Å². The average molecular weight is 328 g/mol. The summed E-state index contributed by atoms with van der Waals surface area (Å²) in [7, 11) is -7.74. The minimum atomic E-state index is -3.87. The van der Waals surface area contributed by atoms with Crippen LogP contribution in [0.4, 0.5) is 5.69 Å². The van der Waals surface area contributed by atoms with Gasteiger partial charge in [-0.25, -0.2) is 16.8 Å². The standard InChI is InChI=1S/C8H10BrNO4S2/c1-15(11,12)10(16(2,13)14)8-5-3-4-7(9)6-8/h3-6H,1-2H3. The van der Waals surface area contributed by atoms with Crippen molar-refractivity contribution in [3.05, 3.63) is 28.7 Å². The molecule has 0 heterocycles. The molecule has 0 amide bonds. The van der Waals surface area contributed by atoms with Gasteiger partial charge in [0.25, 0.3) is 0 Å². The lowest BCUT2D eigenvalue weighted by atomic mass is 10.3. The summed E-state index contributed by atoms with van der Waals surface area (Å²) in [6.07, 6.45) is 1.68. The summed E-state index contributed by atoms with van der Waals surface area (Å²) in [4.78, 5) is 0. The Bertz CT molecular complexity index is 562. The van der Waals surface area contributed by atoms with Gasteiger partial charge in [0.2, 0.25) is 20.0 Å². The number of nitrogens with zero attached hydrogens (tertiary/aromatic N) is 1. The molecule has 0 atom stereocenters. The number of rotatable bonds is 3. The van der Waals surface area contributed by atoms with Crippen LogP contribution in [-0.4, -0.2) is 29.3 Å². The van der Waals surface area contributed by atoms with E-state index in [9.17, 15) is 16.8 Å². The SMILES string of the molecule is CS(=O)(=O)N(c1cccc(Br)c1)S(C)(=O)=O. The summed E-state index contributed by atoms with van der Waals surface area (Å²) in [6, 6.07) is 6.06. The number of benzene rings is 1. The zero-order valence-corrected chi connectivity index (χ0v) is 11.8. The highest BCUT2D eigenvalue weighted by molar-refractivity contribution is 9.10. The lowest BCUT2D eigenvalue weighted by molar-refractivity contribution is 0.590. The van der Waals surface area contributed by atoms with Crippen LogP contribution in [0.3, 0.4) is 0 Å². The fourth-order valence-electron chi connectivity index (χ4n) is 1.22. The molecule has 0 N–H and O–H groups in total. The molecule has 0 fully saturated rings. The monoisotopic (exact) mass is 327 g/mol. The second-order valence-corrected chi connectivity index (χ2v) is 8.01. The Morgan fingerprint density at radius 3 is 1.94 bits per heavy atom. The molecule has 0 saturated heterocycles. The Kier molecular flexibility index (Phi) is 3.65. The van der Waals surface area contributed by atoms with Crippen LogP contribution in [0.1, 0.15) is 0 Å². The molecule has 1 aromatic carbocycles. The summed E-state index contributed by atoms with van der Waals surface area (Å²) in [5, 5.41) is 0. The second kappa shape index (κ2) is 4.34. The van der Waals surface area contributed by atoms with E-state index in [1.807, 2.05) is 0 Å². The smallest absolute Gasteiger partial charge is 0.206 e. The minimum absolute atomic E-state index is 0.0828. The molecule has 0 bridgehead atoms. The lowest BCUT2D eigenvalue weighted by Gasteiger charge is -2.19. The Labute approximate surface area is 103 Å². The first kappa shape index (κ1) is 13.5. The zero-order chi connectivity index (χ0) is 12.6. The number of hydrogen-bond acceptors (Lipinski definition) is 4. The van der Waals surface area contributed by atoms with Gasteiger partial charge in [0.15, 0.2) is 0 Å². The number of hydrogen-bond donors (Lipinski definition) is 0. The van der Waals surface area contributed by atoms with Crippen LogP contribution in [-0.2, 0) is 20.0 Å². The molecule has 0 radical (unpaired) electrons. The maximum absolute atomic E-state index is 11.4. The van der Waals surface area contributed by atoms with Gasteiger partial charge < -0.3 is 0 Å². The summed E-state index contributed by atoms with van der Waals surface area (Å²) in [6.45, 7) is 0. The van der Waals surface area contributed by atoms with E-state index < -0.39 is 20.0 Å². The van der Waals surface area contributed by atoms with Crippen molar-refractivity contribution in [3.8, 4) is 0 Å². The van der Waals surface area contributed by atoms with E-state index in [4.69, 9.17) is 0 Å². The van der Waals surface area contributed by atoms with Gasteiger partial charge in [-0.15, -0.1) is 0 Å². The van der Waals surface area contributed by atoms with Gasteiger partial charge in [0.05, 0.1) is 18.2 Å². The van der Waals surface area contributed by atoms with Crippen LogP contribution < -0.4 is 3.71 Å². The zero-order valence-electron chi connectivity index (χ0n) is 8.58. The van der Waals surface area contributed by atoms with E-state index in [-0.39, 0.29) is 5.69 Å². The average Bonchev–Trinajstić information content (AvgIpc) is 1.97. The molecule has 0 aromatic heterocycles. The number of sulfonamides is 2. The lowest BCUT2D eigenvalue weighted by Crippen LogP contribution is -2.35. The molecule has 0 saturated carbocycles. The maximum Gasteiger partial charge on any atom is 0.245 e. The molecule has 8 heteroatoms. The van der Waals surface area contributed by atoms with Crippen molar-refractivity contribution in [1.29, 1.82) is 0 Å². The first-order valence-electron chi connectivity index (χ1n) is 4.08. The van der Waals surface area contributed by atoms with E-state index in [0.29, 0.717) is 8.18 Å². The predicted molar refractivity (Wildman–Crippen MR) is 66.3 cm³/mol. The van der Waals surface area contributed by atoms with Crippen molar-refractivity contribution in [2.45, 2.75) is 0 Å². The van der Waals surface area contributed by atoms with E-state index >= 15 is 0 Å². The van der Waals surface area contributed by atoms with Gasteiger partial charge in [-0.1, -0.05) is 22.0 Å². The highest BCUT2D eigenvalue weighted by Crippen LogP contribution is 2.24. The maximum atomic E-state index is 11.4. The molecular weight excluding hydrogens is 318 g/mol. The van der Waals surface area contributed by atoms with Crippen molar-refractivity contribution < 1.29 is 16.8 Å². The molecule has 0 unspecified atom stereocenters. The molecule has 0 aliphatic heterocycles. The quantitative estimate of drug-likeness (QED) is 0.835. The molecule has 0 aliphatic carbocycles. The number of anilines is 1. The van der Waals surface area contributed by atoms with Gasteiger partial charge in [-0.2, -0.15) is 3.71 Å². The van der Waals surface area contributed by atoms with Crippen molar-refractivity contribution in [3.63, 3.8) is 0 Å². The summed E-state index contributed by atoms with van der Waals surface area (Å²) in [5.74, 6) is 0. The first-order valence-corrected chi connectivity index (χ1v) is 8.57. The van der Waals surface area contributed by atoms with E-state index in [1.54, 1.807) is 12.1 Å². The van der Waals surface area contributed by atoms with Crippen molar-refractivity contribution in [2.75, 3.05) is 16.2 Å². The minimum Gasteiger partial charge on any atom is -0.206 e. The predicted octanol–water partition coefficient (Wildman–Crippen LogP) is 1.17. The Balaban J connectivity index is 3.47. The normalized spacial score (nSPS) is 12.4.